The summed E-state index contributed by atoms with van der Waals surface area (Å²) in [5.41, 5.74) is 5.23. The highest BCUT2D eigenvalue weighted by Crippen LogP contribution is 2.39. The summed E-state index contributed by atoms with van der Waals surface area (Å²) in [7, 11) is 0. The number of carbonyl (C=O) groups is 1. The van der Waals surface area contributed by atoms with Crippen LogP contribution in [0.2, 0.25) is 0 Å². The Bertz CT molecular complexity index is 1280. The lowest BCUT2D eigenvalue weighted by Gasteiger charge is -2.30. The number of benzene rings is 3. The Hall–Kier alpha value is -3.99. The summed E-state index contributed by atoms with van der Waals surface area (Å²) in [6.07, 6.45) is 7.01. The summed E-state index contributed by atoms with van der Waals surface area (Å²) in [6, 6.07) is 28.3. The molecule has 3 aromatic carbocycles. The number of aldehydes is 1. The van der Waals surface area contributed by atoms with E-state index in [0.717, 1.165) is 49.0 Å². The Balaban J connectivity index is 1.13. The molecule has 0 saturated carbocycles. The van der Waals surface area contributed by atoms with Crippen molar-refractivity contribution in [1.29, 1.82) is 0 Å². The van der Waals surface area contributed by atoms with Gasteiger partial charge in [-0.2, -0.15) is 0 Å². The normalized spacial score (nSPS) is 13.9. The van der Waals surface area contributed by atoms with Crippen LogP contribution in [0.3, 0.4) is 0 Å². The molecule has 1 unspecified atom stereocenters. The van der Waals surface area contributed by atoms with Crippen LogP contribution in [0.4, 0.5) is 5.69 Å². The smallest absolute Gasteiger partial charge is 0.153 e. The molecule has 2 heterocycles. The molecule has 5 rings (SSSR count). The molecule has 5 nitrogen and oxygen atoms in total. The number of hydrogen-bond acceptors (Lipinski definition) is 4. The maximum atomic E-state index is 11.1. The maximum Gasteiger partial charge on any atom is 0.153 e. The van der Waals surface area contributed by atoms with E-state index in [-0.39, 0.29) is 6.04 Å². The summed E-state index contributed by atoms with van der Waals surface area (Å²) in [5.74, 6) is 1.58. The lowest BCUT2D eigenvalue weighted by Crippen LogP contribution is -2.22. The quantitative estimate of drug-likeness (QED) is 0.195. The van der Waals surface area contributed by atoms with Crippen molar-refractivity contribution in [2.75, 3.05) is 18.5 Å². The van der Waals surface area contributed by atoms with E-state index in [2.05, 4.69) is 70.7 Å². The highest BCUT2D eigenvalue weighted by molar-refractivity contribution is 5.79. The average molecular weight is 467 g/mol. The monoisotopic (exact) mass is 466 g/mol. The highest BCUT2D eigenvalue weighted by Gasteiger charge is 2.26. The van der Waals surface area contributed by atoms with Crippen LogP contribution >= 0.6 is 0 Å². The summed E-state index contributed by atoms with van der Waals surface area (Å²) in [4.78, 5) is 11.1. The fourth-order valence-corrected chi connectivity index (χ4v) is 4.60. The summed E-state index contributed by atoms with van der Waals surface area (Å²) >= 11 is 0. The summed E-state index contributed by atoms with van der Waals surface area (Å²) in [6.45, 7) is 1.29. The average Bonchev–Trinajstić information content (AvgIpc) is 3.41. The van der Waals surface area contributed by atoms with Gasteiger partial charge >= 0.3 is 0 Å². The van der Waals surface area contributed by atoms with Gasteiger partial charge in [0.05, 0.1) is 36.2 Å². The standard InChI is InChI=1S/C30H30N2O3/c33-22-23-12-3-7-17-28(23)34-20-9-1-2-10-21-35-29-18-8-4-13-24(29)30-27-16-11-19-32(27)26-15-6-5-14-25(26)31-30/h3-8,11-19,22,30-31H,1-2,9-10,20-21H2. The van der Waals surface area contributed by atoms with Crippen molar-refractivity contribution in [3.63, 3.8) is 0 Å². The Kier molecular flexibility index (Phi) is 7.13. The number of ether oxygens (including phenoxy) is 2. The summed E-state index contributed by atoms with van der Waals surface area (Å²) < 4.78 is 14.3. The number of fused-ring (bicyclic) bond motifs is 3. The number of anilines is 1. The van der Waals surface area contributed by atoms with Crippen LogP contribution in [-0.4, -0.2) is 24.1 Å². The van der Waals surface area contributed by atoms with E-state index in [0.29, 0.717) is 24.5 Å². The highest BCUT2D eigenvalue weighted by atomic mass is 16.5. The third kappa shape index (κ3) is 5.09. The number of nitrogens with zero attached hydrogens (tertiary/aromatic N) is 1. The Morgan fingerprint density at radius 1 is 0.743 bits per heavy atom. The van der Waals surface area contributed by atoms with Gasteiger partial charge in [0.2, 0.25) is 0 Å². The van der Waals surface area contributed by atoms with Crippen LogP contribution in [0.5, 0.6) is 11.5 Å². The number of carbonyl (C=O) groups excluding carboxylic acids is 1. The Morgan fingerprint density at radius 3 is 2.26 bits per heavy atom. The number of hydrogen-bond donors (Lipinski definition) is 1. The Labute approximate surface area is 206 Å². The van der Waals surface area contributed by atoms with Gasteiger partial charge in [0.1, 0.15) is 11.5 Å². The largest absolute Gasteiger partial charge is 0.493 e. The molecule has 1 atom stereocenters. The van der Waals surface area contributed by atoms with E-state index in [1.807, 2.05) is 24.3 Å². The molecule has 5 heteroatoms. The molecule has 0 aliphatic carbocycles. The van der Waals surface area contributed by atoms with E-state index in [1.165, 1.54) is 11.4 Å². The lowest BCUT2D eigenvalue weighted by atomic mass is 9.99. The lowest BCUT2D eigenvalue weighted by molar-refractivity contribution is 0.111. The predicted octanol–water partition coefficient (Wildman–Crippen LogP) is 6.82. The molecule has 4 aromatic rings. The SMILES string of the molecule is O=Cc1ccccc1OCCCCCCOc1ccccc1C1Nc2ccccc2-n2cccc21. The van der Waals surface area contributed by atoms with Crippen molar-refractivity contribution in [3.8, 4) is 17.2 Å². The third-order valence-electron chi connectivity index (χ3n) is 6.37. The number of rotatable bonds is 11. The van der Waals surface area contributed by atoms with Crippen LogP contribution < -0.4 is 14.8 Å². The zero-order valence-corrected chi connectivity index (χ0v) is 19.7. The molecule has 0 bridgehead atoms. The van der Waals surface area contributed by atoms with Gasteiger partial charge in [-0.1, -0.05) is 42.5 Å². The fourth-order valence-electron chi connectivity index (χ4n) is 4.60. The predicted molar refractivity (Wildman–Crippen MR) is 139 cm³/mol. The van der Waals surface area contributed by atoms with Crippen molar-refractivity contribution in [3.05, 3.63) is 108 Å². The second-order valence-corrected chi connectivity index (χ2v) is 8.70. The van der Waals surface area contributed by atoms with E-state index < -0.39 is 0 Å². The van der Waals surface area contributed by atoms with Crippen molar-refractivity contribution in [2.24, 2.45) is 0 Å². The molecule has 1 aromatic heterocycles. The first-order valence-corrected chi connectivity index (χ1v) is 12.3. The van der Waals surface area contributed by atoms with E-state index in [4.69, 9.17) is 9.47 Å². The van der Waals surface area contributed by atoms with Gasteiger partial charge in [-0.3, -0.25) is 4.79 Å². The molecular formula is C30H30N2O3. The number of nitrogens with one attached hydrogen (secondary N) is 1. The molecule has 0 fully saturated rings. The minimum atomic E-state index is 0.0301. The fraction of sp³-hybridized carbons (Fsp3) is 0.233. The molecular weight excluding hydrogens is 436 g/mol. The van der Waals surface area contributed by atoms with Crippen LogP contribution in [0.25, 0.3) is 5.69 Å². The van der Waals surface area contributed by atoms with E-state index >= 15 is 0 Å². The molecule has 1 N–H and O–H groups in total. The molecule has 1 aliphatic heterocycles. The second-order valence-electron chi connectivity index (χ2n) is 8.70. The first kappa shape index (κ1) is 22.8. The van der Waals surface area contributed by atoms with E-state index in [9.17, 15) is 4.79 Å². The van der Waals surface area contributed by atoms with Crippen molar-refractivity contribution in [2.45, 2.75) is 31.7 Å². The molecule has 0 amide bonds. The second kappa shape index (κ2) is 11.0. The van der Waals surface area contributed by atoms with Gasteiger partial charge in [0.25, 0.3) is 0 Å². The van der Waals surface area contributed by atoms with Gasteiger partial charge in [0, 0.05) is 17.5 Å². The Morgan fingerprint density at radius 2 is 1.43 bits per heavy atom. The maximum absolute atomic E-state index is 11.1. The van der Waals surface area contributed by atoms with Crippen molar-refractivity contribution < 1.29 is 14.3 Å². The van der Waals surface area contributed by atoms with Crippen molar-refractivity contribution in [1.82, 2.24) is 4.57 Å². The van der Waals surface area contributed by atoms with Crippen LogP contribution in [-0.2, 0) is 0 Å². The first-order chi connectivity index (χ1) is 17.3. The van der Waals surface area contributed by atoms with Gasteiger partial charge in [-0.15, -0.1) is 0 Å². The zero-order chi connectivity index (χ0) is 23.9. The number of aromatic nitrogens is 1. The van der Waals surface area contributed by atoms with Gasteiger partial charge in [-0.05, 0) is 68.1 Å². The minimum Gasteiger partial charge on any atom is -0.493 e. The first-order valence-electron chi connectivity index (χ1n) is 12.3. The van der Waals surface area contributed by atoms with Gasteiger partial charge < -0.3 is 19.4 Å². The molecule has 35 heavy (non-hydrogen) atoms. The topological polar surface area (TPSA) is 52.5 Å². The zero-order valence-electron chi connectivity index (χ0n) is 19.7. The minimum absolute atomic E-state index is 0.0301. The van der Waals surface area contributed by atoms with Gasteiger partial charge in [0.15, 0.2) is 6.29 Å². The summed E-state index contributed by atoms with van der Waals surface area (Å²) in [5, 5.41) is 3.71. The molecule has 178 valence electrons. The molecule has 0 spiro atoms. The van der Waals surface area contributed by atoms with Crippen molar-refractivity contribution >= 4 is 12.0 Å². The molecule has 0 radical (unpaired) electrons. The van der Waals surface area contributed by atoms with Crippen LogP contribution in [0, 0.1) is 0 Å². The van der Waals surface area contributed by atoms with Crippen LogP contribution in [0.15, 0.2) is 91.1 Å². The molecule has 1 aliphatic rings. The molecule has 0 saturated heterocycles. The number of para-hydroxylation sites is 4. The van der Waals surface area contributed by atoms with E-state index in [1.54, 1.807) is 6.07 Å². The van der Waals surface area contributed by atoms with Gasteiger partial charge in [-0.25, -0.2) is 0 Å². The number of unbranched alkanes of at least 4 members (excludes halogenated alkanes) is 3. The third-order valence-corrected chi connectivity index (χ3v) is 6.37. The van der Waals surface area contributed by atoms with Crippen LogP contribution in [0.1, 0.15) is 53.3 Å².